The molecule has 0 fully saturated rings. The van der Waals surface area contributed by atoms with E-state index in [4.69, 9.17) is 5.10 Å². The van der Waals surface area contributed by atoms with Gasteiger partial charge in [-0.1, -0.05) is 36.4 Å². The predicted octanol–water partition coefficient (Wildman–Crippen LogP) is 4.65. The number of hydrogen-bond donors (Lipinski definition) is 1. The lowest BCUT2D eigenvalue weighted by atomic mass is 10.1. The third-order valence-corrected chi connectivity index (χ3v) is 4.76. The SMILES string of the molecule is C1=C(c2ccccc2)n2nc(Nc3ccc(-n4ccnc4)cc3)cc2CC1. The van der Waals surface area contributed by atoms with Crippen LogP contribution >= 0.6 is 0 Å². The number of anilines is 2. The number of imidazole rings is 1. The summed E-state index contributed by atoms with van der Waals surface area (Å²) in [6, 6.07) is 20.8. The van der Waals surface area contributed by atoms with Gasteiger partial charge in [0.2, 0.25) is 0 Å². The molecule has 0 amide bonds. The molecule has 0 spiro atoms. The average molecular weight is 353 g/mol. The van der Waals surface area contributed by atoms with E-state index in [0.717, 1.165) is 35.7 Å². The van der Waals surface area contributed by atoms with Crippen molar-refractivity contribution in [2.24, 2.45) is 0 Å². The molecule has 0 saturated carbocycles. The fourth-order valence-corrected chi connectivity index (χ4v) is 3.44. The van der Waals surface area contributed by atoms with E-state index in [1.54, 1.807) is 12.5 Å². The van der Waals surface area contributed by atoms with Crippen molar-refractivity contribution in [2.75, 3.05) is 5.32 Å². The molecular weight excluding hydrogens is 334 g/mol. The highest BCUT2D eigenvalue weighted by molar-refractivity contribution is 5.68. The summed E-state index contributed by atoms with van der Waals surface area (Å²) in [6.45, 7) is 0. The molecule has 5 nitrogen and oxygen atoms in total. The smallest absolute Gasteiger partial charge is 0.153 e. The van der Waals surface area contributed by atoms with E-state index < -0.39 is 0 Å². The number of benzene rings is 2. The summed E-state index contributed by atoms with van der Waals surface area (Å²) in [6.07, 6.45) is 9.81. The molecule has 132 valence electrons. The predicted molar refractivity (Wildman–Crippen MR) is 107 cm³/mol. The normalized spacial score (nSPS) is 13.1. The number of nitrogens with zero attached hydrogens (tertiary/aromatic N) is 4. The number of allylic oxidation sites excluding steroid dienone is 1. The van der Waals surface area contributed by atoms with Gasteiger partial charge >= 0.3 is 0 Å². The van der Waals surface area contributed by atoms with Crippen molar-refractivity contribution < 1.29 is 0 Å². The fraction of sp³-hybridized carbons (Fsp3) is 0.0909. The molecule has 0 atom stereocenters. The van der Waals surface area contributed by atoms with Crippen LogP contribution < -0.4 is 5.32 Å². The van der Waals surface area contributed by atoms with Crippen LogP contribution in [0.2, 0.25) is 0 Å². The number of hydrogen-bond acceptors (Lipinski definition) is 3. The molecule has 2 aromatic carbocycles. The molecule has 3 heterocycles. The molecule has 1 aliphatic rings. The van der Waals surface area contributed by atoms with Gasteiger partial charge in [-0.05, 0) is 42.7 Å². The first-order valence-corrected chi connectivity index (χ1v) is 9.07. The second-order valence-corrected chi connectivity index (χ2v) is 6.57. The van der Waals surface area contributed by atoms with Crippen LogP contribution in [0.25, 0.3) is 11.4 Å². The highest BCUT2D eigenvalue weighted by Gasteiger charge is 2.16. The van der Waals surface area contributed by atoms with Crippen molar-refractivity contribution in [1.82, 2.24) is 19.3 Å². The van der Waals surface area contributed by atoms with Crippen LogP contribution in [0.3, 0.4) is 0 Å². The lowest BCUT2D eigenvalue weighted by molar-refractivity contribution is 0.779. The number of fused-ring (bicyclic) bond motifs is 1. The van der Waals surface area contributed by atoms with Gasteiger partial charge in [-0.3, -0.25) is 0 Å². The Bertz CT molecular complexity index is 1070. The number of nitrogens with one attached hydrogen (secondary N) is 1. The molecule has 5 rings (SSSR count). The minimum atomic E-state index is 0.865. The first kappa shape index (κ1) is 15.6. The van der Waals surface area contributed by atoms with Gasteiger partial charge in [0.1, 0.15) is 0 Å². The van der Waals surface area contributed by atoms with Crippen molar-refractivity contribution in [3.8, 4) is 5.69 Å². The van der Waals surface area contributed by atoms with E-state index in [1.807, 2.05) is 16.8 Å². The van der Waals surface area contributed by atoms with Crippen LogP contribution in [-0.4, -0.2) is 19.3 Å². The Labute approximate surface area is 157 Å². The van der Waals surface area contributed by atoms with E-state index in [0.29, 0.717) is 0 Å². The lowest BCUT2D eigenvalue weighted by Gasteiger charge is -2.16. The zero-order valence-electron chi connectivity index (χ0n) is 14.8. The van der Waals surface area contributed by atoms with Crippen LogP contribution in [0, 0.1) is 0 Å². The van der Waals surface area contributed by atoms with Crippen molar-refractivity contribution in [3.63, 3.8) is 0 Å². The summed E-state index contributed by atoms with van der Waals surface area (Å²) in [5.41, 5.74) is 5.67. The molecule has 27 heavy (non-hydrogen) atoms. The number of aromatic nitrogens is 4. The summed E-state index contributed by atoms with van der Waals surface area (Å²) >= 11 is 0. The van der Waals surface area contributed by atoms with E-state index in [2.05, 4.69) is 75.7 Å². The minimum Gasteiger partial charge on any atom is -0.339 e. The third-order valence-electron chi connectivity index (χ3n) is 4.76. The second-order valence-electron chi connectivity index (χ2n) is 6.57. The van der Waals surface area contributed by atoms with Gasteiger partial charge in [0.25, 0.3) is 0 Å². The topological polar surface area (TPSA) is 47.7 Å². The maximum Gasteiger partial charge on any atom is 0.153 e. The maximum absolute atomic E-state index is 4.80. The van der Waals surface area contributed by atoms with Crippen molar-refractivity contribution >= 4 is 17.2 Å². The van der Waals surface area contributed by atoms with Gasteiger partial charge in [-0.25, -0.2) is 9.67 Å². The van der Waals surface area contributed by atoms with E-state index >= 15 is 0 Å². The van der Waals surface area contributed by atoms with Gasteiger partial charge in [0.05, 0.1) is 12.0 Å². The average Bonchev–Trinajstić information content (AvgIpc) is 3.38. The van der Waals surface area contributed by atoms with Crippen LogP contribution in [0.4, 0.5) is 11.5 Å². The largest absolute Gasteiger partial charge is 0.339 e. The Kier molecular flexibility index (Phi) is 3.83. The van der Waals surface area contributed by atoms with E-state index in [1.165, 1.54) is 11.3 Å². The highest BCUT2D eigenvalue weighted by Crippen LogP contribution is 2.28. The number of aryl methyl sites for hydroxylation is 1. The van der Waals surface area contributed by atoms with Crippen molar-refractivity contribution in [3.05, 3.63) is 96.7 Å². The Morgan fingerprint density at radius 1 is 0.963 bits per heavy atom. The molecule has 0 aliphatic carbocycles. The molecular formula is C22H19N5. The standard InChI is InChI=1S/C22H19N5/c1-2-5-17(6-3-1)21-8-4-7-20-15-22(25-27(20)21)24-18-9-11-19(12-10-18)26-14-13-23-16-26/h1-3,5-6,8-16H,4,7H2,(H,24,25). The monoisotopic (exact) mass is 353 g/mol. The lowest BCUT2D eigenvalue weighted by Crippen LogP contribution is -2.09. The Hall–Kier alpha value is -3.60. The molecule has 4 aromatic rings. The molecule has 1 N–H and O–H groups in total. The van der Waals surface area contributed by atoms with Gasteiger partial charge in [-0.2, -0.15) is 0 Å². The summed E-state index contributed by atoms with van der Waals surface area (Å²) in [5.74, 6) is 0.865. The quantitative estimate of drug-likeness (QED) is 0.581. The van der Waals surface area contributed by atoms with Gasteiger partial charge in [-0.15, -0.1) is 5.10 Å². The zero-order valence-corrected chi connectivity index (χ0v) is 14.8. The Morgan fingerprint density at radius 3 is 2.59 bits per heavy atom. The Morgan fingerprint density at radius 2 is 1.81 bits per heavy atom. The third kappa shape index (κ3) is 3.04. The number of rotatable bonds is 4. The van der Waals surface area contributed by atoms with Crippen LogP contribution in [0.1, 0.15) is 17.7 Å². The van der Waals surface area contributed by atoms with Crippen molar-refractivity contribution in [1.29, 1.82) is 0 Å². The van der Waals surface area contributed by atoms with Gasteiger partial charge in [0.15, 0.2) is 5.82 Å². The summed E-state index contributed by atoms with van der Waals surface area (Å²) in [5, 5.41) is 8.22. The first-order valence-electron chi connectivity index (χ1n) is 9.07. The second kappa shape index (κ2) is 6.61. The van der Waals surface area contributed by atoms with Gasteiger partial charge < -0.3 is 9.88 Å². The van der Waals surface area contributed by atoms with Crippen molar-refractivity contribution in [2.45, 2.75) is 12.8 Å². The summed E-state index contributed by atoms with van der Waals surface area (Å²) in [7, 11) is 0. The molecule has 0 bridgehead atoms. The highest BCUT2D eigenvalue weighted by atomic mass is 15.3. The summed E-state index contributed by atoms with van der Waals surface area (Å²) < 4.78 is 4.04. The Balaban J connectivity index is 1.40. The molecule has 5 heteroatoms. The summed E-state index contributed by atoms with van der Waals surface area (Å²) in [4.78, 5) is 4.09. The van der Waals surface area contributed by atoms with E-state index in [9.17, 15) is 0 Å². The zero-order chi connectivity index (χ0) is 18.1. The maximum atomic E-state index is 4.80. The van der Waals surface area contributed by atoms with Gasteiger partial charge in [0, 0.05) is 35.5 Å². The minimum absolute atomic E-state index is 0.865. The van der Waals surface area contributed by atoms with Crippen LogP contribution in [0.5, 0.6) is 0 Å². The van der Waals surface area contributed by atoms with Crippen LogP contribution in [-0.2, 0) is 6.42 Å². The fourth-order valence-electron chi connectivity index (χ4n) is 3.44. The molecule has 0 radical (unpaired) electrons. The van der Waals surface area contributed by atoms with Crippen LogP contribution in [0.15, 0.2) is 85.5 Å². The first-order chi connectivity index (χ1) is 13.4. The van der Waals surface area contributed by atoms with E-state index in [-0.39, 0.29) is 0 Å². The molecule has 1 aliphatic heterocycles. The molecule has 2 aromatic heterocycles. The molecule has 0 unspecified atom stereocenters. The molecule has 0 saturated heterocycles.